The van der Waals surface area contributed by atoms with Gasteiger partial charge in [-0.25, -0.2) is 0 Å². The Balaban J connectivity index is 2.67. The Morgan fingerprint density at radius 1 is 1.35 bits per heavy atom. The average Bonchev–Trinajstić information content (AvgIpc) is 2.54. The summed E-state index contributed by atoms with van der Waals surface area (Å²) in [6, 6.07) is 0.331. The Kier molecular flexibility index (Phi) is 5.65. The average molecular weight is 239 g/mol. The fourth-order valence-electron chi connectivity index (χ4n) is 1.90. The standard InChI is InChI=1S/C13H25N3O/c1-6-7-14-13(9-17-5)8-16-12(4)10(2)11(3)15-16/h13-14H,6-9H2,1-5H3. The minimum absolute atomic E-state index is 0.331. The molecular formula is C13H25N3O. The molecule has 0 radical (unpaired) electrons. The molecule has 0 amide bonds. The second kappa shape index (κ2) is 6.77. The van der Waals surface area contributed by atoms with Crippen molar-refractivity contribution >= 4 is 0 Å². The van der Waals surface area contributed by atoms with Crippen molar-refractivity contribution in [3.8, 4) is 0 Å². The topological polar surface area (TPSA) is 39.1 Å². The van der Waals surface area contributed by atoms with Gasteiger partial charge in [0.1, 0.15) is 0 Å². The van der Waals surface area contributed by atoms with Crippen molar-refractivity contribution in [3.05, 3.63) is 17.0 Å². The van der Waals surface area contributed by atoms with Gasteiger partial charge in [-0.3, -0.25) is 4.68 Å². The summed E-state index contributed by atoms with van der Waals surface area (Å²) >= 11 is 0. The van der Waals surface area contributed by atoms with Crippen LogP contribution in [0.3, 0.4) is 0 Å². The Labute approximate surface area is 104 Å². The summed E-state index contributed by atoms with van der Waals surface area (Å²) in [5.41, 5.74) is 3.66. The SMILES string of the molecule is CCCNC(COC)Cn1nc(C)c(C)c1C. The van der Waals surface area contributed by atoms with Gasteiger partial charge < -0.3 is 10.1 Å². The zero-order valence-electron chi connectivity index (χ0n) is 11.7. The predicted octanol–water partition coefficient (Wildman–Crippen LogP) is 1.82. The second-order valence-electron chi connectivity index (χ2n) is 4.58. The van der Waals surface area contributed by atoms with E-state index < -0.39 is 0 Å². The van der Waals surface area contributed by atoms with Crippen LogP contribution in [0.4, 0.5) is 0 Å². The Morgan fingerprint density at radius 2 is 2.06 bits per heavy atom. The highest BCUT2D eigenvalue weighted by molar-refractivity contribution is 5.22. The molecular weight excluding hydrogens is 214 g/mol. The van der Waals surface area contributed by atoms with Crippen molar-refractivity contribution in [1.82, 2.24) is 15.1 Å². The highest BCUT2D eigenvalue weighted by Crippen LogP contribution is 2.11. The van der Waals surface area contributed by atoms with Crippen molar-refractivity contribution in [2.45, 2.75) is 46.7 Å². The van der Waals surface area contributed by atoms with E-state index in [1.807, 2.05) is 0 Å². The lowest BCUT2D eigenvalue weighted by Crippen LogP contribution is -2.38. The van der Waals surface area contributed by atoms with Gasteiger partial charge >= 0.3 is 0 Å². The van der Waals surface area contributed by atoms with E-state index in [1.54, 1.807) is 7.11 Å². The van der Waals surface area contributed by atoms with E-state index in [9.17, 15) is 0 Å². The molecule has 1 N–H and O–H groups in total. The van der Waals surface area contributed by atoms with Crippen LogP contribution in [0.1, 0.15) is 30.3 Å². The highest BCUT2D eigenvalue weighted by atomic mass is 16.5. The minimum Gasteiger partial charge on any atom is -0.383 e. The van der Waals surface area contributed by atoms with E-state index in [2.05, 4.69) is 42.8 Å². The number of rotatable bonds is 7. The van der Waals surface area contributed by atoms with E-state index in [-0.39, 0.29) is 0 Å². The van der Waals surface area contributed by atoms with E-state index in [1.165, 1.54) is 11.3 Å². The van der Waals surface area contributed by atoms with Gasteiger partial charge in [0.2, 0.25) is 0 Å². The summed E-state index contributed by atoms with van der Waals surface area (Å²) in [6.45, 7) is 11.1. The van der Waals surface area contributed by atoms with Crippen LogP contribution < -0.4 is 5.32 Å². The number of hydrogen-bond donors (Lipinski definition) is 1. The van der Waals surface area contributed by atoms with Crippen molar-refractivity contribution in [2.75, 3.05) is 20.3 Å². The minimum atomic E-state index is 0.331. The van der Waals surface area contributed by atoms with Gasteiger partial charge in [-0.1, -0.05) is 6.92 Å². The third-order valence-electron chi connectivity index (χ3n) is 3.19. The number of aryl methyl sites for hydroxylation is 1. The molecule has 0 saturated heterocycles. The lowest BCUT2D eigenvalue weighted by atomic mass is 10.2. The van der Waals surface area contributed by atoms with Crippen LogP contribution in [-0.2, 0) is 11.3 Å². The molecule has 1 aromatic heterocycles. The second-order valence-corrected chi connectivity index (χ2v) is 4.58. The zero-order valence-corrected chi connectivity index (χ0v) is 11.7. The molecule has 98 valence electrons. The largest absolute Gasteiger partial charge is 0.383 e. The van der Waals surface area contributed by atoms with Crippen LogP contribution in [0, 0.1) is 20.8 Å². The van der Waals surface area contributed by atoms with Crippen molar-refractivity contribution in [3.63, 3.8) is 0 Å². The maximum Gasteiger partial charge on any atom is 0.0633 e. The Hall–Kier alpha value is -0.870. The molecule has 17 heavy (non-hydrogen) atoms. The molecule has 1 unspecified atom stereocenters. The molecule has 0 spiro atoms. The summed E-state index contributed by atoms with van der Waals surface area (Å²) in [5.74, 6) is 0. The normalized spacial score (nSPS) is 13.0. The molecule has 0 aromatic carbocycles. The maximum absolute atomic E-state index is 5.25. The molecule has 1 atom stereocenters. The van der Waals surface area contributed by atoms with Gasteiger partial charge in [-0.05, 0) is 39.3 Å². The van der Waals surface area contributed by atoms with Gasteiger partial charge in [0.25, 0.3) is 0 Å². The Bertz CT molecular complexity index is 347. The Morgan fingerprint density at radius 3 is 2.53 bits per heavy atom. The smallest absolute Gasteiger partial charge is 0.0633 e. The summed E-state index contributed by atoms with van der Waals surface area (Å²) in [7, 11) is 1.74. The zero-order chi connectivity index (χ0) is 12.8. The lowest BCUT2D eigenvalue weighted by molar-refractivity contribution is 0.156. The van der Waals surface area contributed by atoms with Gasteiger partial charge in [-0.15, -0.1) is 0 Å². The van der Waals surface area contributed by atoms with Crippen LogP contribution in [0.5, 0.6) is 0 Å². The lowest BCUT2D eigenvalue weighted by Gasteiger charge is -2.18. The molecule has 1 aromatic rings. The molecule has 1 heterocycles. The molecule has 1 rings (SSSR count). The fraction of sp³-hybridized carbons (Fsp3) is 0.769. The predicted molar refractivity (Wildman–Crippen MR) is 70.4 cm³/mol. The maximum atomic E-state index is 5.25. The molecule has 4 nitrogen and oxygen atoms in total. The summed E-state index contributed by atoms with van der Waals surface area (Å²) in [6.07, 6.45) is 1.14. The third-order valence-corrected chi connectivity index (χ3v) is 3.19. The van der Waals surface area contributed by atoms with Crippen molar-refractivity contribution in [2.24, 2.45) is 0 Å². The molecule has 0 bridgehead atoms. The summed E-state index contributed by atoms with van der Waals surface area (Å²) in [5, 5.41) is 8.05. The highest BCUT2D eigenvalue weighted by Gasteiger charge is 2.13. The number of aromatic nitrogens is 2. The molecule has 0 aliphatic carbocycles. The summed E-state index contributed by atoms with van der Waals surface area (Å²) < 4.78 is 7.33. The molecule has 0 aliphatic rings. The van der Waals surface area contributed by atoms with E-state index in [0.717, 1.165) is 31.8 Å². The number of hydrogen-bond acceptors (Lipinski definition) is 3. The third kappa shape index (κ3) is 3.82. The van der Waals surface area contributed by atoms with Crippen LogP contribution in [0.15, 0.2) is 0 Å². The molecule has 0 fully saturated rings. The number of methoxy groups -OCH3 is 1. The van der Waals surface area contributed by atoms with Crippen LogP contribution in [0.25, 0.3) is 0 Å². The fourth-order valence-corrected chi connectivity index (χ4v) is 1.90. The van der Waals surface area contributed by atoms with Crippen LogP contribution >= 0.6 is 0 Å². The van der Waals surface area contributed by atoms with Gasteiger partial charge in [0, 0.05) is 12.8 Å². The van der Waals surface area contributed by atoms with Crippen molar-refractivity contribution < 1.29 is 4.74 Å². The molecule has 4 heteroatoms. The first-order chi connectivity index (χ1) is 8.10. The number of nitrogens with zero attached hydrogens (tertiary/aromatic N) is 2. The van der Waals surface area contributed by atoms with Gasteiger partial charge in [0.05, 0.1) is 24.9 Å². The molecule has 0 saturated carbocycles. The number of ether oxygens (including phenoxy) is 1. The van der Waals surface area contributed by atoms with Gasteiger partial charge in [-0.2, -0.15) is 5.10 Å². The van der Waals surface area contributed by atoms with Crippen molar-refractivity contribution in [1.29, 1.82) is 0 Å². The quantitative estimate of drug-likeness (QED) is 0.789. The van der Waals surface area contributed by atoms with Crippen LogP contribution in [-0.4, -0.2) is 36.1 Å². The molecule has 0 aliphatic heterocycles. The van der Waals surface area contributed by atoms with Gasteiger partial charge in [0.15, 0.2) is 0 Å². The first-order valence-corrected chi connectivity index (χ1v) is 6.33. The first-order valence-electron chi connectivity index (χ1n) is 6.33. The summed E-state index contributed by atoms with van der Waals surface area (Å²) in [4.78, 5) is 0. The van der Waals surface area contributed by atoms with E-state index in [4.69, 9.17) is 4.74 Å². The van der Waals surface area contributed by atoms with E-state index >= 15 is 0 Å². The number of nitrogens with one attached hydrogen (secondary N) is 1. The van der Waals surface area contributed by atoms with Crippen LogP contribution in [0.2, 0.25) is 0 Å². The monoisotopic (exact) mass is 239 g/mol. The van der Waals surface area contributed by atoms with E-state index in [0.29, 0.717) is 6.04 Å². The first kappa shape index (κ1) is 14.2.